The number of fused-ring (bicyclic) bond motifs is 7. The third kappa shape index (κ3) is 6.29. The Morgan fingerprint density at radius 3 is 2.05 bits per heavy atom. The highest BCUT2D eigenvalue weighted by Crippen LogP contribution is 2.76. The minimum absolute atomic E-state index is 0.00664. The Balaban J connectivity index is 1.13. The van der Waals surface area contributed by atoms with E-state index in [4.69, 9.17) is 4.74 Å². The Labute approximate surface area is 342 Å². The molecule has 3 N–H and O–H groups in total. The molecule has 7 aliphatic carbocycles. The van der Waals surface area contributed by atoms with Crippen LogP contribution in [0, 0.1) is 68.5 Å². The number of amides is 2. The lowest BCUT2D eigenvalue weighted by atomic mass is 9.33. The normalized spacial score (nSPS) is 41.2. The van der Waals surface area contributed by atoms with Gasteiger partial charge < -0.3 is 20.5 Å². The van der Waals surface area contributed by atoms with Crippen LogP contribution in [0.2, 0.25) is 0 Å². The zero-order chi connectivity index (χ0) is 41.9. The van der Waals surface area contributed by atoms with E-state index < -0.39 is 34.3 Å². The molecule has 9 heteroatoms. The minimum Gasteiger partial charge on any atom is -0.481 e. The summed E-state index contributed by atoms with van der Waals surface area (Å²) in [5.41, 5.74) is -0.620. The van der Waals surface area contributed by atoms with Gasteiger partial charge in [0.2, 0.25) is 11.8 Å². The highest BCUT2D eigenvalue weighted by Gasteiger charge is 2.71. The molecule has 6 saturated carbocycles. The number of nitrogens with one attached hydrogen (secondary N) is 2. The van der Waals surface area contributed by atoms with Gasteiger partial charge in [-0.3, -0.25) is 24.0 Å². The Kier molecular flexibility index (Phi) is 10.4. The molecule has 318 valence electrons. The highest BCUT2D eigenvalue weighted by atomic mass is 16.5. The van der Waals surface area contributed by atoms with Crippen LogP contribution in [-0.2, 0) is 28.7 Å². The van der Waals surface area contributed by atoms with E-state index >= 15 is 0 Å². The summed E-state index contributed by atoms with van der Waals surface area (Å²) >= 11 is 0. The Morgan fingerprint density at radius 2 is 1.44 bits per heavy atom. The Hall–Kier alpha value is -2.71. The number of ketones is 1. The molecule has 0 bridgehead atoms. The number of Topliss-reactive ketones (excluding diaryl/α,β-unsaturated/α-hetero) is 1. The maximum absolute atomic E-state index is 14.4. The number of carboxylic acids is 1. The molecule has 57 heavy (non-hydrogen) atoms. The van der Waals surface area contributed by atoms with Gasteiger partial charge in [-0.2, -0.15) is 0 Å². The molecule has 7 aliphatic rings. The molecule has 0 unspecified atom stereocenters. The second kappa shape index (κ2) is 13.9. The summed E-state index contributed by atoms with van der Waals surface area (Å²) in [6, 6.07) is 0. The van der Waals surface area contributed by atoms with E-state index in [2.05, 4.69) is 59.1 Å². The van der Waals surface area contributed by atoms with E-state index in [0.29, 0.717) is 31.1 Å². The van der Waals surface area contributed by atoms with Crippen molar-refractivity contribution < 1.29 is 33.8 Å². The second-order valence-electron chi connectivity index (χ2n) is 23.0. The fraction of sp³-hybridized carbons (Fsp3) is 0.854. The van der Waals surface area contributed by atoms with Crippen molar-refractivity contribution in [2.75, 3.05) is 0 Å². The number of rotatable bonds is 8. The van der Waals surface area contributed by atoms with Crippen LogP contribution in [0.1, 0.15) is 172 Å². The lowest BCUT2D eigenvalue weighted by molar-refractivity contribution is -0.235. The van der Waals surface area contributed by atoms with Gasteiger partial charge in [-0.15, -0.1) is 0 Å². The van der Waals surface area contributed by atoms with Gasteiger partial charge in [-0.25, -0.2) is 0 Å². The number of allylic oxidation sites excluding steroid dienone is 1. The van der Waals surface area contributed by atoms with Gasteiger partial charge in [0, 0.05) is 17.8 Å². The summed E-state index contributed by atoms with van der Waals surface area (Å²) in [6.07, 6.45) is 12.9. The van der Waals surface area contributed by atoms with Crippen molar-refractivity contribution in [1.29, 1.82) is 0 Å². The first-order valence-electron chi connectivity index (χ1n) is 22.7. The third-order valence-corrected chi connectivity index (χ3v) is 18.8. The molecule has 6 fully saturated rings. The summed E-state index contributed by atoms with van der Waals surface area (Å²) in [5.74, 6) is -1.08. The molecular formula is C48H74N2O7. The number of carbonyl (C=O) groups excluding carboxylic acids is 4. The van der Waals surface area contributed by atoms with E-state index in [0.717, 1.165) is 82.6 Å². The number of ether oxygens (including phenoxy) is 1. The average molecular weight is 791 g/mol. The first-order valence-corrected chi connectivity index (χ1v) is 22.7. The summed E-state index contributed by atoms with van der Waals surface area (Å²) in [7, 11) is 0. The van der Waals surface area contributed by atoms with E-state index in [1.165, 1.54) is 5.57 Å². The van der Waals surface area contributed by atoms with Gasteiger partial charge in [0.05, 0.1) is 17.4 Å². The topological polar surface area (TPSA) is 139 Å². The Bertz CT molecular complexity index is 1740. The molecule has 0 aromatic rings. The van der Waals surface area contributed by atoms with Crippen LogP contribution in [-0.4, -0.2) is 51.8 Å². The number of carboxylic acid groups (broad SMARTS) is 1. The van der Waals surface area contributed by atoms with Crippen LogP contribution in [0.4, 0.5) is 0 Å². The standard InChI is InChI=1S/C48H74N2O7/c1-27(2)36-32(51)26-48(50-41(56)44(7,8)49-38(52)28-15-13-12-14-16-28)24-23-46(10)29(37(36)48)17-18-34-45(9)21-20-35(43(5,6)33(45)19-22-47(34,46)11)57-40(55)31-25-30(39(53)54)42(31,3)4/h27-31,33-35H,12-26H2,1-11H3,(H,49,52)(H,50,56)(H,53,54)/t29-,30+,31-,33+,34-,35+,45+,46-,47-,48-/m1/s1. The van der Waals surface area contributed by atoms with E-state index in [-0.39, 0.29) is 69.1 Å². The molecule has 0 aromatic heterocycles. The molecule has 9 nitrogen and oxygen atoms in total. The van der Waals surface area contributed by atoms with Crippen LogP contribution >= 0.6 is 0 Å². The van der Waals surface area contributed by atoms with Crippen molar-refractivity contribution in [3.05, 3.63) is 11.1 Å². The average Bonchev–Trinajstić information content (AvgIpc) is 3.41. The largest absolute Gasteiger partial charge is 0.481 e. The molecule has 2 amide bonds. The van der Waals surface area contributed by atoms with Crippen LogP contribution in [0.5, 0.6) is 0 Å². The minimum atomic E-state index is -1.11. The van der Waals surface area contributed by atoms with Crippen molar-refractivity contribution in [2.45, 2.75) is 190 Å². The van der Waals surface area contributed by atoms with Gasteiger partial charge in [-0.1, -0.05) is 81.6 Å². The van der Waals surface area contributed by atoms with E-state index in [1.807, 2.05) is 27.7 Å². The summed E-state index contributed by atoms with van der Waals surface area (Å²) in [4.78, 5) is 67.3. The lowest BCUT2D eigenvalue weighted by Crippen LogP contribution is -2.68. The lowest BCUT2D eigenvalue weighted by Gasteiger charge is -2.72. The first kappa shape index (κ1) is 42.4. The molecule has 0 aromatic carbocycles. The van der Waals surface area contributed by atoms with Gasteiger partial charge in [0.15, 0.2) is 5.78 Å². The van der Waals surface area contributed by atoms with Crippen molar-refractivity contribution in [3.8, 4) is 0 Å². The molecule has 0 aliphatic heterocycles. The first-order chi connectivity index (χ1) is 26.4. The summed E-state index contributed by atoms with van der Waals surface area (Å²) < 4.78 is 6.42. The quantitative estimate of drug-likeness (QED) is 0.209. The van der Waals surface area contributed by atoms with Gasteiger partial charge in [0.25, 0.3) is 0 Å². The van der Waals surface area contributed by atoms with Crippen LogP contribution in [0.3, 0.4) is 0 Å². The van der Waals surface area contributed by atoms with Crippen molar-refractivity contribution in [2.24, 2.45) is 68.5 Å². The number of hydrogen-bond donors (Lipinski definition) is 3. The predicted molar refractivity (Wildman–Crippen MR) is 220 cm³/mol. The summed E-state index contributed by atoms with van der Waals surface area (Å²) in [6.45, 7) is 23.8. The summed E-state index contributed by atoms with van der Waals surface area (Å²) in [5, 5.41) is 16.3. The van der Waals surface area contributed by atoms with E-state index in [1.54, 1.807) is 0 Å². The van der Waals surface area contributed by atoms with Gasteiger partial charge in [0.1, 0.15) is 11.6 Å². The fourth-order valence-corrected chi connectivity index (χ4v) is 15.1. The zero-order valence-electron chi connectivity index (χ0n) is 37.1. The zero-order valence-corrected chi connectivity index (χ0v) is 37.1. The van der Waals surface area contributed by atoms with E-state index in [9.17, 15) is 29.1 Å². The third-order valence-electron chi connectivity index (χ3n) is 18.8. The molecule has 0 heterocycles. The van der Waals surface area contributed by atoms with Crippen LogP contribution < -0.4 is 10.6 Å². The number of hydrogen-bond acceptors (Lipinski definition) is 6. The van der Waals surface area contributed by atoms with Crippen LogP contribution in [0.15, 0.2) is 11.1 Å². The molecule has 0 saturated heterocycles. The monoisotopic (exact) mass is 791 g/mol. The predicted octanol–water partition coefficient (Wildman–Crippen LogP) is 8.97. The number of aliphatic carboxylic acids is 1. The maximum atomic E-state index is 14.4. The molecular weight excluding hydrogens is 717 g/mol. The maximum Gasteiger partial charge on any atom is 0.309 e. The van der Waals surface area contributed by atoms with Crippen LogP contribution in [0.25, 0.3) is 0 Å². The second-order valence-corrected chi connectivity index (χ2v) is 23.0. The molecule has 0 radical (unpaired) electrons. The fourth-order valence-electron chi connectivity index (χ4n) is 15.1. The molecule has 10 atom stereocenters. The highest BCUT2D eigenvalue weighted by molar-refractivity contribution is 6.03. The van der Waals surface area contributed by atoms with Crippen molar-refractivity contribution in [3.63, 3.8) is 0 Å². The molecule has 0 spiro atoms. The Morgan fingerprint density at radius 1 is 0.772 bits per heavy atom. The van der Waals surface area contributed by atoms with Gasteiger partial charge in [-0.05, 0) is 141 Å². The SMILES string of the molecule is CC(C)C1=C2[C@H]3CC[C@@H]4[C@@]5(C)CC[C@H](OC(=O)[C@H]6C[C@@H](C(=O)O)C6(C)C)C(C)(C)[C@@H]5CC[C@@]4(C)[C@]3(C)CC[C@@]2(NC(=O)C(C)(C)NC(=O)C2CCCCC2)CC1=O. The van der Waals surface area contributed by atoms with Crippen molar-refractivity contribution in [1.82, 2.24) is 10.6 Å². The number of carbonyl (C=O) groups is 5. The van der Waals surface area contributed by atoms with Crippen molar-refractivity contribution >= 4 is 29.5 Å². The number of esters is 1. The van der Waals surface area contributed by atoms with Gasteiger partial charge >= 0.3 is 11.9 Å². The molecule has 7 rings (SSSR count). The smallest absolute Gasteiger partial charge is 0.309 e.